The van der Waals surface area contributed by atoms with Crippen molar-refractivity contribution in [3.8, 4) is 0 Å². The zero-order valence-electron chi connectivity index (χ0n) is 11.1. The topological polar surface area (TPSA) is 41.0 Å². The van der Waals surface area contributed by atoms with Crippen LogP contribution in [0.15, 0.2) is 36.7 Å². The van der Waals surface area contributed by atoms with Crippen molar-refractivity contribution in [2.24, 2.45) is 0 Å². The number of rotatable bonds is 3. The van der Waals surface area contributed by atoms with E-state index >= 15 is 0 Å². The lowest BCUT2D eigenvalue weighted by atomic mass is 9.98. The van der Waals surface area contributed by atoms with Crippen LogP contribution in [0, 0.1) is 0 Å². The summed E-state index contributed by atoms with van der Waals surface area (Å²) in [4.78, 5) is 10.9. The van der Waals surface area contributed by atoms with Crippen LogP contribution in [0.4, 0.5) is 11.6 Å². The molecular formula is C15H18N4. The van der Waals surface area contributed by atoms with E-state index < -0.39 is 0 Å². The molecule has 0 amide bonds. The highest BCUT2D eigenvalue weighted by Crippen LogP contribution is 2.27. The third kappa shape index (κ3) is 2.58. The molecule has 1 N–H and O–H groups in total. The number of likely N-dealkylation sites (N-methyl/N-ethyl adjacent to an activating group) is 1. The molecule has 0 bridgehead atoms. The normalized spacial score (nSPS) is 15.0. The van der Waals surface area contributed by atoms with E-state index in [0.29, 0.717) is 5.95 Å². The number of benzene rings is 1. The summed E-state index contributed by atoms with van der Waals surface area (Å²) in [5.74, 6) is 0.661. The Hall–Kier alpha value is -1.94. The molecule has 3 rings (SSSR count). The Bertz CT molecular complexity index is 553. The fraction of sp³-hybridized carbons (Fsp3) is 0.333. The van der Waals surface area contributed by atoms with Crippen LogP contribution < -0.4 is 5.32 Å². The molecule has 0 unspecified atom stereocenters. The molecule has 2 aromatic rings. The zero-order chi connectivity index (χ0) is 13.1. The fourth-order valence-corrected chi connectivity index (χ4v) is 2.54. The van der Waals surface area contributed by atoms with Crippen LogP contribution in [-0.4, -0.2) is 28.0 Å². The van der Waals surface area contributed by atoms with E-state index in [9.17, 15) is 0 Å². The van der Waals surface area contributed by atoms with Gasteiger partial charge in [-0.1, -0.05) is 19.1 Å². The van der Waals surface area contributed by atoms with Gasteiger partial charge in [0.1, 0.15) is 0 Å². The lowest BCUT2D eigenvalue weighted by molar-refractivity contribution is 0.268. The van der Waals surface area contributed by atoms with Crippen LogP contribution in [-0.2, 0) is 13.0 Å². The van der Waals surface area contributed by atoms with Gasteiger partial charge in [0.2, 0.25) is 5.95 Å². The molecule has 1 aromatic carbocycles. The largest absolute Gasteiger partial charge is 0.324 e. The van der Waals surface area contributed by atoms with Gasteiger partial charge < -0.3 is 5.32 Å². The molecule has 0 fully saturated rings. The van der Waals surface area contributed by atoms with Crippen molar-refractivity contribution in [1.82, 2.24) is 14.9 Å². The standard InChI is InChI=1S/C15H18N4/c1-2-19-10-7-13-12(11-19)5-3-6-14(13)18-15-16-8-4-9-17-15/h3-6,8-9H,2,7,10-11H2,1H3,(H,16,17,18). The Labute approximate surface area is 113 Å². The van der Waals surface area contributed by atoms with Crippen LogP contribution in [0.2, 0.25) is 0 Å². The van der Waals surface area contributed by atoms with Crippen molar-refractivity contribution in [2.75, 3.05) is 18.4 Å². The van der Waals surface area contributed by atoms with Gasteiger partial charge in [-0.15, -0.1) is 0 Å². The number of fused-ring (bicyclic) bond motifs is 1. The second-order valence-corrected chi connectivity index (χ2v) is 4.76. The van der Waals surface area contributed by atoms with Gasteiger partial charge in [0, 0.05) is 31.2 Å². The van der Waals surface area contributed by atoms with Gasteiger partial charge in [0.25, 0.3) is 0 Å². The molecule has 0 saturated heterocycles. The van der Waals surface area contributed by atoms with Crippen LogP contribution in [0.3, 0.4) is 0 Å². The van der Waals surface area contributed by atoms with Crippen LogP contribution in [0.25, 0.3) is 0 Å². The maximum Gasteiger partial charge on any atom is 0.227 e. The highest BCUT2D eigenvalue weighted by molar-refractivity contribution is 5.61. The van der Waals surface area contributed by atoms with Crippen LogP contribution >= 0.6 is 0 Å². The summed E-state index contributed by atoms with van der Waals surface area (Å²) in [6.45, 7) is 5.48. The van der Waals surface area contributed by atoms with Crippen molar-refractivity contribution in [3.05, 3.63) is 47.8 Å². The fourth-order valence-electron chi connectivity index (χ4n) is 2.54. The van der Waals surface area contributed by atoms with Gasteiger partial charge >= 0.3 is 0 Å². The lowest BCUT2D eigenvalue weighted by Crippen LogP contribution is -2.30. The van der Waals surface area contributed by atoms with Crippen LogP contribution in [0.5, 0.6) is 0 Å². The van der Waals surface area contributed by atoms with Gasteiger partial charge in [-0.3, -0.25) is 4.90 Å². The third-order valence-corrected chi connectivity index (χ3v) is 3.60. The Balaban J connectivity index is 1.87. The van der Waals surface area contributed by atoms with Gasteiger partial charge in [0.15, 0.2) is 0 Å². The molecule has 98 valence electrons. The van der Waals surface area contributed by atoms with E-state index in [1.165, 1.54) is 11.1 Å². The molecule has 0 spiro atoms. The zero-order valence-corrected chi connectivity index (χ0v) is 11.1. The van der Waals surface area contributed by atoms with E-state index in [1.807, 2.05) is 6.07 Å². The van der Waals surface area contributed by atoms with E-state index in [4.69, 9.17) is 0 Å². The molecule has 19 heavy (non-hydrogen) atoms. The Kier molecular flexibility index (Phi) is 3.42. The second-order valence-electron chi connectivity index (χ2n) is 4.76. The first-order valence-corrected chi connectivity index (χ1v) is 6.74. The lowest BCUT2D eigenvalue weighted by Gasteiger charge is -2.29. The van der Waals surface area contributed by atoms with Crippen molar-refractivity contribution in [3.63, 3.8) is 0 Å². The van der Waals surface area contributed by atoms with Gasteiger partial charge in [-0.25, -0.2) is 9.97 Å². The number of nitrogens with one attached hydrogen (secondary N) is 1. The molecule has 2 heterocycles. The summed E-state index contributed by atoms with van der Waals surface area (Å²) in [5.41, 5.74) is 3.95. The SMILES string of the molecule is CCN1CCc2c(cccc2Nc2ncccn2)C1. The minimum atomic E-state index is 0.661. The first kappa shape index (κ1) is 12.1. The summed E-state index contributed by atoms with van der Waals surface area (Å²) in [6.07, 6.45) is 4.59. The summed E-state index contributed by atoms with van der Waals surface area (Å²) >= 11 is 0. The maximum absolute atomic E-state index is 4.22. The van der Waals surface area contributed by atoms with E-state index in [0.717, 1.165) is 31.7 Å². The van der Waals surface area contributed by atoms with Gasteiger partial charge in [0.05, 0.1) is 0 Å². The summed E-state index contributed by atoms with van der Waals surface area (Å²) in [6, 6.07) is 8.25. The molecule has 4 heteroatoms. The number of hydrogen-bond donors (Lipinski definition) is 1. The van der Waals surface area contributed by atoms with Crippen molar-refractivity contribution in [1.29, 1.82) is 0 Å². The van der Waals surface area contributed by atoms with E-state index in [2.05, 4.69) is 45.3 Å². The number of anilines is 2. The molecule has 1 aliphatic rings. The van der Waals surface area contributed by atoms with Gasteiger partial charge in [-0.2, -0.15) is 0 Å². The molecule has 0 aliphatic carbocycles. The first-order chi connectivity index (χ1) is 9.36. The highest BCUT2D eigenvalue weighted by Gasteiger charge is 2.17. The van der Waals surface area contributed by atoms with Crippen molar-refractivity contribution in [2.45, 2.75) is 19.9 Å². The molecular weight excluding hydrogens is 236 g/mol. The smallest absolute Gasteiger partial charge is 0.227 e. The average molecular weight is 254 g/mol. The predicted molar refractivity (Wildman–Crippen MR) is 76.4 cm³/mol. The number of nitrogens with zero attached hydrogens (tertiary/aromatic N) is 3. The van der Waals surface area contributed by atoms with Crippen molar-refractivity contribution < 1.29 is 0 Å². The highest BCUT2D eigenvalue weighted by atomic mass is 15.1. The predicted octanol–water partition coefficient (Wildman–Crippen LogP) is 2.60. The Morgan fingerprint density at radius 3 is 2.84 bits per heavy atom. The molecule has 1 aromatic heterocycles. The Morgan fingerprint density at radius 1 is 1.21 bits per heavy atom. The molecule has 0 saturated carbocycles. The summed E-state index contributed by atoms with van der Waals surface area (Å²) < 4.78 is 0. The third-order valence-electron chi connectivity index (χ3n) is 3.60. The number of aromatic nitrogens is 2. The quantitative estimate of drug-likeness (QED) is 0.914. The van der Waals surface area contributed by atoms with E-state index in [-0.39, 0.29) is 0 Å². The first-order valence-electron chi connectivity index (χ1n) is 6.74. The molecule has 4 nitrogen and oxygen atoms in total. The monoisotopic (exact) mass is 254 g/mol. The second kappa shape index (κ2) is 5.36. The molecule has 1 aliphatic heterocycles. The van der Waals surface area contributed by atoms with Crippen LogP contribution in [0.1, 0.15) is 18.1 Å². The molecule has 0 radical (unpaired) electrons. The maximum atomic E-state index is 4.22. The summed E-state index contributed by atoms with van der Waals surface area (Å²) in [5, 5.41) is 3.32. The summed E-state index contributed by atoms with van der Waals surface area (Å²) in [7, 11) is 0. The average Bonchev–Trinajstić information content (AvgIpc) is 2.48. The van der Waals surface area contributed by atoms with E-state index in [1.54, 1.807) is 12.4 Å². The Morgan fingerprint density at radius 2 is 2.05 bits per heavy atom. The number of hydrogen-bond acceptors (Lipinski definition) is 4. The minimum Gasteiger partial charge on any atom is -0.324 e. The minimum absolute atomic E-state index is 0.661. The van der Waals surface area contributed by atoms with Crippen molar-refractivity contribution >= 4 is 11.6 Å². The molecule has 0 atom stereocenters. The van der Waals surface area contributed by atoms with Gasteiger partial charge in [-0.05, 0) is 36.2 Å².